The van der Waals surface area contributed by atoms with Gasteiger partial charge in [0.25, 0.3) is 0 Å². The van der Waals surface area contributed by atoms with Crippen molar-refractivity contribution in [1.29, 1.82) is 0 Å². The zero-order chi connectivity index (χ0) is 25.3. The second kappa shape index (κ2) is 10.8. The van der Waals surface area contributed by atoms with Gasteiger partial charge in [-0.25, -0.2) is 4.39 Å². The van der Waals surface area contributed by atoms with Crippen LogP contribution in [0.2, 0.25) is 0 Å². The Balaban J connectivity index is 0.00000141. The molecule has 0 spiro atoms. The number of halogens is 2. The van der Waals surface area contributed by atoms with Crippen molar-refractivity contribution in [3.05, 3.63) is 70.5 Å². The van der Waals surface area contributed by atoms with Crippen molar-refractivity contribution in [2.24, 2.45) is 29.6 Å². The van der Waals surface area contributed by atoms with E-state index in [9.17, 15) is 19.1 Å². The molecule has 0 radical (unpaired) electrons. The van der Waals surface area contributed by atoms with Gasteiger partial charge in [0, 0.05) is 17.5 Å². The van der Waals surface area contributed by atoms with Gasteiger partial charge < -0.3 is 5.11 Å². The second-order valence-corrected chi connectivity index (χ2v) is 11.3. The first kappa shape index (κ1) is 26.5. The summed E-state index contributed by atoms with van der Waals surface area (Å²) < 4.78 is 14.2. The van der Waals surface area contributed by atoms with Crippen LogP contribution in [0.4, 0.5) is 4.39 Å². The smallest absolute Gasteiger partial charge is 0.195 e. The molecule has 0 aromatic heterocycles. The Kier molecular flexibility index (Phi) is 8.16. The standard InChI is InChI=1S/C29H33FO3.CH3I/c1-17(2)9-20-12-19(28(32)24-5-3-4-6-26(24)30)7-8-23(20)27(31)13-25-21-10-18-11-22(25)16-29(33,14-18)15-21;1-2/h3-8,12,17-18,21-22,25,33H,9-11,13-16H2,1-2H3;1H3. The van der Waals surface area contributed by atoms with Crippen LogP contribution in [0, 0.1) is 35.4 Å². The molecule has 6 rings (SSSR count). The van der Waals surface area contributed by atoms with Crippen molar-refractivity contribution in [3.63, 3.8) is 0 Å². The first-order valence-electron chi connectivity index (χ1n) is 12.8. The highest BCUT2D eigenvalue weighted by Gasteiger charge is 2.54. The third-order valence-corrected chi connectivity index (χ3v) is 8.27. The summed E-state index contributed by atoms with van der Waals surface area (Å²) in [4.78, 5) is 28.4. The van der Waals surface area contributed by atoms with E-state index < -0.39 is 11.4 Å². The Labute approximate surface area is 222 Å². The highest BCUT2D eigenvalue weighted by atomic mass is 127. The molecular weight excluding hydrogens is 554 g/mol. The number of benzene rings is 2. The van der Waals surface area contributed by atoms with E-state index in [2.05, 4.69) is 36.4 Å². The minimum Gasteiger partial charge on any atom is -0.390 e. The predicted molar refractivity (Wildman–Crippen MR) is 146 cm³/mol. The summed E-state index contributed by atoms with van der Waals surface area (Å²) in [6.07, 6.45) is 6.12. The van der Waals surface area contributed by atoms with Crippen LogP contribution in [0.3, 0.4) is 0 Å². The molecule has 2 aromatic rings. The third kappa shape index (κ3) is 5.56. The van der Waals surface area contributed by atoms with E-state index in [0.717, 1.165) is 37.7 Å². The Hall–Kier alpha value is -1.60. The lowest BCUT2D eigenvalue weighted by Gasteiger charge is -2.58. The van der Waals surface area contributed by atoms with Crippen molar-refractivity contribution in [2.75, 3.05) is 4.93 Å². The zero-order valence-electron chi connectivity index (χ0n) is 20.9. The fourth-order valence-electron chi connectivity index (χ4n) is 7.16. The first-order valence-corrected chi connectivity index (χ1v) is 14.9. The van der Waals surface area contributed by atoms with Gasteiger partial charge in [-0.3, -0.25) is 9.59 Å². The molecule has 188 valence electrons. The average Bonchev–Trinajstić information content (AvgIpc) is 2.81. The summed E-state index contributed by atoms with van der Waals surface area (Å²) in [5.74, 6) is 1.44. The molecule has 4 bridgehead atoms. The number of alkyl halides is 1. The quantitative estimate of drug-likeness (QED) is 0.213. The molecule has 2 atom stereocenters. The molecule has 4 aliphatic carbocycles. The topological polar surface area (TPSA) is 54.4 Å². The van der Waals surface area contributed by atoms with E-state index in [1.165, 1.54) is 12.1 Å². The molecule has 3 nitrogen and oxygen atoms in total. The summed E-state index contributed by atoms with van der Waals surface area (Å²) in [6, 6.07) is 11.3. The normalized spacial score (nSPS) is 28.5. The molecule has 1 N–H and O–H groups in total. The van der Waals surface area contributed by atoms with Crippen molar-refractivity contribution >= 4 is 34.2 Å². The van der Waals surface area contributed by atoms with E-state index in [1.54, 1.807) is 30.3 Å². The van der Waals surface area contributed by atoms with Crippen LogP contribution < -0.4 is 0 Å². The van der Waals surface area contributed by atoms with Gasteiger partial charge in [-0.1, -0.05) is 60.7 Å². The number of hydrogen-bond acceptors (Lipinski definition) is 3. The summed E-state index contributed by atoms with van der Waals surface area (Å²) in [6.45, 7) is 4.19. The van der Waals surface area contributed by atoms with Crippen molar-refractivity contribution < 1.29 is 19.1 Å². The van der Waals surface area contributed by atoms with Gasteiger partial charge in [0.05, 0.1) is 11.2 Å². The van der Waals surface area contributed by atoms with Crippen LogP contribution in [-0.4, -0.2) is 27.2 Å². The lowest BCUT2D eigenvalue weighted by molar-refractivity contribution is -0.151. The van der Waals surface area contributed by atoms with Crippen molar-refractivity contribution in [3.8, 4) is 0 Å². The SMILES string of the molecule is CC(C)Cc1cc(C(=O)c2ccccc2F)ccc1C(=O)CC1C2CC3CC1CC(O)(C3)C2.CI. The highest BCUT2D eigenvalue weighted by Crippen LogP contribution is 2.59. The number of ketones is 2. The fraction of sp³-hybridized carbons (Fsp3) is 0.533. The van der Waals surface area contributed by atoms with E-state index in [0.29, 0.717) is 53.6 Å². The molecule has 0 heterocycles. The molecule has 5 heteroatoms. The van der Waals surface area contributed by atoms with Crippen LogP contribution in [0.5, 0.6) is 0 Å². The molecule has 2 unspecified atom stereocenters. The third-order valence-electron chi connectivity index (χ3n) is 8.27. The zero-order valence-corrected chi connectivity index (χ0v) is 23.1. The molecule has 0 aliphatic heterocycles. The Morgan fingerprint density at radius 2 is 1.69 bits per heavy atom. The fourth-order valence-corrected chi connectivity index (χ4v) is 7.16. The van der Waals surface area contributed by atoms with E-state index in [-0.39, 0.29) is 17.1 Å². The van der Waals surface area contributed by atoms with E-state index >= 15 is 0 Å². The lowest BCUT2D eigenvalue weighted by Crippen LogP contribution is -2.54. The number of carbonyl (C=O) groups excluding carboxylic acids is 2. The van der Waals surface area contributed by atoms with Crippen LogP contribution in [0.15, 0.2) is 42.5 Å². The van der Waals surface area contributed by atoms with Crippen LogP contribution >= 0.6 is 22.6 Å². The van der Waals surface area contributed by atoms with Gasteiger partial charge in [0.2, 0.25) is 0 Å². The molecule has 2 aromatic carbocycles. The average molecular weight is 591 g/mol. The molecule has 4 aliphatic rings. The first-order chi connectivity index (χ1) is 16.7. The Bertz CT molecular complexity index is 1080. The van der Waals surface area contributed by atoms with Crippen molar-refractivity contribution in [2.45, 2.75) is 64.4 Å². The minimum absolute atomic E-state index is 0.0543. The van der Waals surface area contributed by atoms with Crippen LogP contribution in [-0.2, 0) is 6.42 Å². The minimum atomic E-state index is -0.531. The molecule has 0 amide bonds. The molecular formula is C30H36FIO3. The monoisotopic (exact) mass is 590 g/mol. The number of Topliss-reactive ketones (excluding diaryl/α,β-unsaturated/α-hetero) is 1. The lowest BCUT2D eigenvalue weighted by atomic mass is 9.49. The maximum absolute atomic E-state index is 14.2. The Morgan fingerprint density at radius 1 is 1.03 bits per heavy atom. The maximum atomic E-state index is 14.2. The van der Waals surface area contributed by atoms with E-state index in [4.69, 9.17) is 0 Å². The van der Waals surface area contributed by atoms with Gasteiger partial charge in [0.1, 0.15) is 5.82 Å². The number of rotatable bonds is 7. The van der Waals surface area contributed by atoms with Crippen LogP contribution in [0.1, 0.15) is 84.2 Å². The van der Waals surface area contributed by atoms with Crippen LogP contribution in [0.25, 0.3) is 0 Å². The van der Waals surface area contributed by atoms with Gasteiger partial charge >= 0.3 is 0 Å². The Morgan fingerprint density at radius 3 is 2.29 bits per heavy atom. The second-order valence-electron chi connectivity index (χ2n) is 11.3. The number of hydrogen-bond donors (Lipinski definition) is 1. The van der Waals surface area contributed by atoms with Crippen molar-refractivity contribution in [1.82, 2.24) is 0 Å². The van der Waals surface area contributed by atoms with Gasteiger partial charge in [0.15, 0.2) is 11.6 Å². The van der Waals surface area contributed by atoms with Gasteiger partial charge in [-0.15, -0.1) is 0 Å². The van der Waals surface area contributed by atoms with E-state index in [1.807, 2.05) is 4.93 Å². The van der Waals surface area contributed by atoms with Gasteiger partial charge in [-0.05, 0) is 96.8 Å². The molecule has 4 saturated carbocycles. The predicted octanol–water partition coefficient (Wildman–Crippen LogP) is 7.07. The highest BCUT2D eigenvalue weighted by molar-refractivity contribution is 14.1. The number of carbonyl (C=O) groups is 2. The largest absolute Gasteiger partial charge is 0.390 e. The number of aliphatic hydroxyl groups is 1. The molecule has 0 saturated heterocycles. The summed E-state index contributed by atoms with van der Waals surface area (Å²) in [7, 11) is 0. The van der Waals surface area contributed by atoms with Gasteiger partial charge in [-0.2, -0.15) is 0 Å². The summed E-state index contributed by atoms with van der Waals surface area (Å²) in [5.41, 5.74) is 1.55. The summed E-state index contributed by atoms with van der Waals surface area (Å²) in [5, 5.41) is 10.9. The maximum Gasteiger partial charge on any atom is 0.195 e. The summed E-state index contributed by atoms with van der Waals surface area (Å²) >= 11 is 2.15. The molecule has 4 fully saturated rings. The molecule has 35 heavy (non-hydrogen) atoms.